The molecule has 0 aliphatic carbocycles. The maximum Gasteiger partial charge on any atom is 0.123 e. The van der Waals surface area contributed by atoms with Crippen LogP contribution in [0.2, 0.25) is 0 Å². The SMILES string of the molecule is Cc1ccc(F)cc1C1(C)CCCN1. The van der Waals surface area contributed by atoms with Gasteiger partial charge in [0.2, 0.25) is 0 Å². The summed E-state index contributed by atoms with van der Waals surface area (Å²) in [4.78, 5) is 0. The third-order valence-electron chi connectivity index (χ3n) is 3.16. The minimum Gasteiger partial charge on any atom is -0.308 e. The zero-order chi connectivity index (χ0) is 10.2. The number of rotatable bonds is 1. The van der Waals surface area contributed by atoms with Crippen molar-refractivity contribution in [2.45, 2.75) is 32.2 Å². The summed E-state index contributed by atoms with van der Waals surface area (Å²) in [6.07, 6.45) is 2.27. The predicted molar refractivity (Wildman–Crippen MR) is 55.7 cm³/mol. The van der Waals surface area contributed by atoms with Gasteiger partial charge in [0.15, 0.2) is 0 Å². The van der Waals surface area contributed by atoms with Crippen molar-refractivity contribution in [3.05, 3.63) is 35.1 Å². The Morgan fingerprint density at radius 1 is 1.43 bits per heavy atom. The van der Waals surface area contributed by atoms with Gasteiger partial charge in [-0.05, 0) is 56.5 Å². The van der Waals surface area contributed by atoms with Gasteiger partial charge >= 0.3 is 0 Å². The van der Waals surface area contributed by atoms with E-state index in [0.29, 0.717) is 0 Å². The van der Waals surface area contributed by atoms with Gasteiger partial charge in [-0.1, -0.05) is 6.07 Å². The molecule has 1 saturated heterocycles. The van der Waals surface area contributed by atoms with Crippen LogP contribution in [0, 0.1) is 12.7 Å². The summed E-state index contributed by atoms with van der Waals surface area (Å²) in [6.45, 7) is 5.23. The number of halogens is 1. The van der Waals surface area contributed by atoms with Gasteiger partial charge in [0.1, 0.15) is 5.82 Å². The average Bonchev–Trinajstić information content (AvgIpc) is 2.58. The van der Waals surface area contributed by atoms with E-state index in [1.54, 1.807) is 6.07 Å². The van der Waals surface area contributed by atoms with Gasteiger partial charge in [-0.3, -0.25) is 0 Å². The van der Waals surface area contributed by atoms with E-state index in [2.05, 4.69) is 12.2 Å². The lowest BCUT2D eigenvalue weighted by molar-refractivity contribution is 0.429. The molecule has 1 aromatic carbocycles. The third kappa shape index (κ3) is 1.55. The Morgan fingerprint density at radius 2 is 2.21 bits per heavy atom. The van der Waals surface area contributed by atoms with Crippen LogP contribution in [0.15, 0.2) is 18.2 Å². The molecule has 0 radical (unpaired) electrons. The van der Waals surface area contributed by atoms with Crippen LogP contribution in [0.3, 0.4) is 0 Å². The highest BCUT2D eigenvalue weighted by atomic mass is 19.1. The normalized spacial score (nSPS) is 26.8. The van der Waals surface area contributed by atoms with Crippen LogP contribution in [0.4, 0.5) is 4.39 Å². The van der Waals surface area contributed by atoms with Crippen LogP contribution in [0.1, 0.15) is 30.9 Å². The molecule has 1 aromatic rings. The summed E-state index contributed by atoms with van der Waals surface area (Å²) in [7, 11) is 0. The number of nitrogens with one attached hydrogen (secondary N) is 1. The van der Waals surface area contributed by atoms with Gasteiger partial charge in [0.25, 0.3) is 0 Å². The quantitative estimate of drug-likeness (QED) is 0.723. The molecular formula is C12H16FN. The van der Waals surface area contributed by atoms with E-state index in [4.69, 9.17) is 0 Å². The molecule has 1 atom stereocenters. The van der Waals surface area contributed by atoms with Gasteiger partial charge in [0, 0.05) is 5.54 Å². The highest BCUT2D eigenvalue weighted by Gasteiger charge is 2.31. The Balaban J connectivity index is 2.44. The lowest BCUT2D eigenvalue weighted by Gasteiger charge is -2.26. The number of benzene rings is 1. The van der Waals surface area contributed by atoms with Crippen LogP contribution >= 0.6 is 0 Å². The summed E-state index contributed by atoms with van der Waals surface area (Å²) in [6, 6.07) is 5.04. The van der Waals surface area contributed by atoms with Crippen molar-refractivity contribution in [2.24, 2.45) is 0 Å². The maximum atomic E-state index is 13.1. The fourth-order valence-electron chi connectivity index (χ4n) is 2.31. The van der Waals surface area contributed by atoms with Crippen molar-refractivity contribution in [2.75, 3.05) is 6.54 Å². The Morgan fingerprint density at radius 3 is 2.86 bits per heavy atom. The van der Waals surface area contributed by atoms with Crippen molar-refractivity contribution in [3.8, 4) is 0 Å². The molecule has 1 fully saturated rings. The summed E-state index contributed by atoms with van der Waals surface area (Å²) in [5.74, 6) is -0.138. The Labute approximate surface area is 84.3 Å². The standard InChI is InChI=1S/C12H16FN/c1-9-4-5-10(13)8-11(9)12(2)6-3-7-14-12/h4-5,8,14H,3,6-7H2,1-2H3. The van der Waals surface area contributed by atoms with E-state index >= 15 is 0 Å². The summed E-state index contributed by atoms with van der Waals surface area (Å²) in [5, 5.41) is 3.45. The fraction of sp³-hybridized carbons (Fsp3) is 0.500. The van der Waals surface area contributed by atoms with Crippen LogP contribution in [0.5, 0.6) is 0 Å². The molecule has 1 aliphatic heterocycles. The van der Waals surface area contributed by atoms with Crippen molar-refractivity contribution in [1.29, 1.82) is 0 Å². The average molecular weight is 193 g/mol. The second-order valence-corrected chi connectivity index (χ2v) is 4.32. The first-order valence-corrected chi connectivity index (χ1v) is 5.13. The van der Waals surface area contributed by atoms with E-state index in [9.17, 15) is 4.39 Å². The van der Waals surface area contributed by atoms with E-state index in [0.717, 1.165) is 18.5 Å². The molecule has 1 aliphatic rings. The van der Waals surface area contributed by atoms with Gasteiger partial charge in [-0.25, -0.2) is 4.39 Å². The van der Waals surface area contributed by atoms with Gasteiger partial charge in [-0.15, -0.1) is 0 Å². The van der Waals surface area contributed by atoms with E-state index in [-0.39, 0.29) is 11.4 Å². The molecule has 0 saturated carbocycles. The predicted octanol–water partition coefficient (Wildman–Crippen LogP) is 2.73. The highest BCUT2D eigenvalue weighted by molar-refractivity contribution is 5.33. The second kappa shape index (κ2) is 3.35. The summed E-state index contributed by atoms with van der Waals surface area (Å²) in [5.41, 5.74) is 2.25. The minimum absolute atomic E-state index is 0.0216. The van der Waals surface area contributed by atoms with E-state index < -0.39 is 0 Å². The molecule has 0 spiro atoms. The van der Waals surface area contributed by atoms with Crippen LogP contribution in [-0.2, 0) is 5.54 Å². The first kappa shape index (κ1) is 9.66. The Bertz CT molecular complexity index is 340. The topological polar surface area (TPSA) is 12.0 Å². The summed E-state index contributed by atoms with van der Waals surface area (Å²) >= 11 is 0. The first-order chi connectivity index (χ1) is 6.62. The molecule has 2 rings (SSSR count). The highest BCUT2D eigenvalue weighted by Crippen LogP contribution is 2.32. The molecule has 1 unspecified atom stereocenters. The van der Waals surface area contributed by atoms with Gasteiger partial charge < -0.3 is 5.32 Å². The van der Waals surface area contributed by atoms with Crippen LogP contribution < -0.4 is 5.32 Å². The molecular weight excluding hydrogens is 177 g/mol. The lowest BCUT2D eigenvalue weighted by atomic mass is 9.87. The van der Waals surface area contributed by atoms with E-state index in [1.165, 1.54) is 18.1 Å². The molecule has 76 valence electrons. The number of aryl methyl sites for hydroxylation is 1. The minimum atomic E-state index is -0.138. The third-order valence-corrected chi connectivity index (χ3v) is 3.16. The maximum absolute atomic E-state index is 13.1. The lowest BCUT2D eigenvalue weighted by Crippen LogP contribution is -2.33. The number of hydrogen-bond donors (Lipinski definition) is 1. The zero-order valence-corrected chi connectivity index (χ0v) is 8.73. The van der Waals surface area contributed by atoms with Crippen molar-refractivity contribution < 1.29 is 4.39 Å². The molecule has 2 heteroatoms. The van der Waals surface area contributed by atoms with Crippen molar-refractivity contribution in [1.82, 2.24) is 5.32 Å². The van der Waals surface area contributed by atoms with Crippen LogP contribution in [0.25, 0.3) is 0 Å². The molecule has 1 heterocycles. The van der Waals surface area contributed by atoms with Crippen LogP contribution in [-0.4, -0.2) is 6.54 Å². The molecule has 1 nitrogen and oxygen atoms in total. The van der Waals surface area contributed by atoms with Crippen molar-refractivity contribution in [3.63, 3.8) is 0 Å². The molecule has 0 aromatic heterocycles. The Kier molecular flexibility index (Phi) is 2.31. The molecule has 0 bridgehead atoms. The first-order valence-electron chi connectivity index (χ1n) is 5.13. The monoisotopic (exact) mass is 193 g/mol. The van der Waals surface area contributed by atoms with Gasteiger partial charge in [-0.2, -0.15) is 0 Å². The molecule has 1 N–H and O–H groups in total. The van der Waals surface area contributed by atoms with Gasteiger partial charge in [0.05, 0.1) is 0 Å². The zero-order valence-electron chi connectivity index (χ0n) is 8.73. The molecule has 0 amide bonds. The Hall–Kier alpha value is -0.890. The fourth-order valence-corrected chi connectivity index (χ4v) is 2.31. The second-order valence-electron chi connectivity index (χ2n) is 4.32. The molecule has 14 heavy (non-hydrogen) atoms. The summed E-state index contributed by atoms with van der Waals surface area (Å²) < 4.78 is 13.1. The smallest absolute Gasteiger partial charge is 0.123 e. The van der Waals surface area contributed by atoms with Crippen molar-refractivity contribution >= 4 is 0 Å². The number of hydrogen-bond acceptors (Lipinski definition) is 1. The van der Waals surface area contributed by atoms with E-state index in [1.807, 2.05) is 13.0 Å². The largest absolute Gasteiger partial charge is 0.308 e.